The van der Waals surface area contributed by atoms with E-state index in [1.165, 1.54) is 42.7 Å². The van der Waals surface area contributed by atoms with E-state index >= 15 is 0 Å². The molecule has 0 radical (unpaired) electrons. The molecule has 2 atom stereocenters. The zero-order valence-corrected chi connectivity index (χ0v) is 22.3. The van der Waals surface area contributed by atoms with E-state index in [1.807, 2.05) is 30.3 Å². The third-order valence-corrected chi connectivity index (χ3v) is 7.05. The van der Waals surface area contributed by atoms with Gasteiger partial charge in [-0.15, -0.1) is 0 Å². The topological polar surface area (TPSA) is 128 Å². The second-order valence-electron chi connectivity index (χ2n) is 9.80. The number of likely N-dealkylation sites (tertiary alicyclic amines) is 1. The number of benzene rings is 2. The summed E-state index contributed by atoms with van der Waals surface area (Å²) in [6.07, 6.45) is 4.32. The van der Waals surface area contributed by atoms with Crippen LogP contribution < -0.4 is 5.56 Å². The largest absolute Gasteiger partial charge is 0.501 e. The number of Topliss-reactive ketones (excluding diaryl/α,β-unsaturated/α-hetero) is 1. The molecule has 2 unspecified atom stereocenters. The molecule has 5 rings (SSSR count). The number of rotatable bonds is 9. The summed E-state index contributed by atoms with van der Waals surface area (Å²) in [6.45, 7) is 0.512. The molecule has 41 heavy (non-hydrogen) atoms. The summed E-state index contributed by atoms with van der Waals surface area (Å²) < 4.78 is 20.5. The highest BCUT2D eigenvalue weighted by Crippen LogP contribution is 2.34. The first kappa shape index (κ1) is 27.8. The highest BCUT2D eigenvalue weighted by atomic mass is 19.1. The van der Waals surface area contributed by atoms with E-state index in [0.717, 1.165) is 15.7 Å². The maximum absolute atomic E-state index is 13.5. The molecule has 1 amide bonds. The highest BCUT2D eigenvalue weighted by Gasteiger charge is 2.40. The van der Waals surface area contributed by atoms with Gasteiger partial charge in [0.05, 0.1) is 24.9 Å². The Balaban J connectivity index is 1.44. The van der Waals surface area contributed by atoms with E-state index in [1.54, 1.807) is 12.1 Å². The number of ketones is 1. The fraction of sp³-hybridized carbons (Fsp3) is 0.267. The Morgan fingerprint density at radius 3 is 2.54 bits per heavy atom. The van der Waals surface area contributed by atoms with Gasteiger partial charge in [-0.25, -0.2) is 14.4 Å². The number of hydrogen-bond acceptors (Lipinski definition) is 8. The molecule has 4 aromatic rings. The van der Waals surface area contributed by atoms with Crippen molar-refractivity contribution in [2.24, 2.45) is 7.05 Å². The monoisotopic (exact) mass is 557 g/mol. The first-order valence-corrected chi connectivity index (χ1v) is 13.1. The molecule has 2 aromatic carbocycles. The van der Waals surface area contributed by atoms with Crippen molar-refractivity contribution in [1.29, 1.82) is 0 Å². The van der Waals surface area contributed by atoms with Crippen LogP contribution in [0.2, 0.25) is 0 Å². The number of aromatic nitrogens is 4. The summed E-state index contributed by atoms with van der Waals surface area (Å²) in [5.74, 6) is -1.99. The number of amides is 1. The molecule has 210 valence electrons. The fourth-order valence-electron chi connectivity index (χ4n) is 4.86. The Morgan fingerprint density at radius 2 is 1.83 bits per heavy atom. The van der Waals surface area contributed by atoms with E-state index in [-0.39, 0.29) is 36.6 Å². The Hall–Kier alpha value is -4.77. The van der Waals surface area contributed by atoms with E-state index in [2.05, 4.69) is 15.0 Å². The molecule has 1 N–H and O–H groups in total. The van der Waals surface area contributed by atoms with Gasteiger partial charge in [0.2, 0.25) is 5.75 Å². The number of nitrogens with zero attached hydrogens (tertiary/aromatic N) is 5. The molecule has 1 saturated heterocycles. The van der Waals surface area contributed by atoms with E-state index in [4.69, 9.17) is 4.74 Å². The molecule has 11 heteroatoms. The summed E-state index contributed by atoms with van der Waals surface area (Å²) in [5, 5.41) is 10.6. The van der Waals surface area contributed by atoms with Gasteiger partial charge in [-0.05, 0) is 29.7 Å². The van der Waals surface area contributed by atoms with Crippen molar-refractivity contribution in [3.8, 4) is 5.75 Å². The normalized spacial score (nSPS) is 16.6. The van der Waals surface area contributed by atoms with Crippen molar-refractivity contribution in [2.75, 3.05) is 6.54 Å². The Labute approximate surface area is 235 Å². The van der Waals surface area contributed by atoms with Crippen LogP contribution in [0.1, 0.15) is 56.8 Å². The first-order valence-electron chi connectivity index (χ1n) is 13.1. The van der Waals surface area contributed by atoms with Crippen LogP contribution in [0.3, 0.4) is 0 Å². The smallest absolute Gasteiger partial charge is 0.296 e. The average Bonchev–Trinajstić information content (AvgIpc) is 3.43. The van der Waals surface area contributed by atoms with Crippen molar-refractivity contribution in [1.82, 2.24) is 24.4 Å². The van der Waals surface area contributed by atoms with E-state index in [0.29, 0.717) is 13.0 Å². The Bertz CT molecular complexity index is 1600. The molecular formula is C30H28FN5O5. The van der Waals surface area contributed by atoms with Gasteiger partial charge < -0.3 is 14.7 Å². The lowest BCUT2D eigenvalue weighted by molar-refractivity contribution is 0.0436. The standard InChI is InChI=1S/C30H28FN5O5/c1-35-28(34-26(27(38)30(35)40)25(37)12-9-19-7-10-21(31)11-8-19)24-15-22(41-18-20-5-3-2-4-6-20)17-36(24)29(39)23-16-32-13-14-33-23/h2-8,10-11,13-14,16,22,24,38H,9,12,15,17-18H2,1H3. The molecule has 0 bridgehead atoms. The zero-order valence-electron chi connectivity index (χ0n) is 22.3. The molecule has 1 aliphatic rings. The quantitative estimate of drug-likeness (QED) is 0.310. The molecule has 3 heterocycles. The summed E-state index contributed by atoms with van der Waals surface area (Å²) in [7, 11) is 1.43. The maximum atomic E-state index is 13.5. The van der Waals surface area contributed by atoms with Crippen LogP contribution in [0.5, 0.6) is 5.75 Å². The van der Waals surface area contributed by atoms with Gasteiger partial charge in [-0.2, -0.15) is 0 Å². The minimum Gasteiger partial charge on any atom is -0.501 e. The minimum absolute atomic E-state index is 0.0610. The van der Waals surface area contributed by atoms with Crippen LogP contribution in [0, 0.1) is 5.82 Å². The summed E-state index contributed by atoms with van der Waals surface area (Å²) in [6, 6.07) is 14.6. The van der Waals surface area contributed by atoms with Crippen LogP contribution in [-0.2, 0) is 24.8 Å². The fourth-order valence-corrected chi connectivity index (χ4v) is 4.86. The van der Waals surface area contributed by atoms with Crippen LogP contribution in [0.25, 0.3) is 0 Å². The van der Waals surface area contributed by atoms with Crippen LogP contribution >= 0.6 is 0 Å². The molecule has 1 fully saturated rings. The first-order chi connectivity index (χ1) is 19.8. The second-order valence-corrected chi connectivity index (χ2v) is 9.80. The third kappa shape index (κ3) is 6.20. The lowest BCUT2D eigenvalue weighted by Gasteiger charge is -2.25. The number of carbonyl (C=O) groups excluding carboxylic acids is 2. The summed E-state index contributed by atoms with van der Waals surface area (Å²) in [4.78, 5) is 53.8. The summed E-state index contributed by atoms with van der Waals surface area (Å²) >= 11 is 0. The second kappa shape index (κ2) is 12.2. The number of ether oxygens (including phenoxy) is 1. The molecular weight excluding hydrogens is 529 g/mol. The van der Waals surface area contributed by atoms with Gasteiger partial charge >= 0.3 is 0 Å². The van der Waals surface area contributed by atoms with Crippen molar-refractivity contribution in [3.63, 3.8) is 0 Å². The lowest BCUT2D eigenvalue weighted by Crippen LogP contribution is -2.36. The highest BCUT2D eigenvalue weighted by molar-refractivity contribution is 5.96. The van der Waals surface area contributed by atoms with Crippen molar-refractivity contribution in [2.45, 2.75) is 38.0 Å². The number of aromatic hydroxyl groups is 1. The zero-order chi connectivity index (χ0) is 28.9. The lowest BCUT2D eigenvalue weighted by atomic mass is 10.1. The van der Waals surface area contributed by atoms with E-state index in [9.17, 15) is 23.9 Å². The molecule has 10 nitrogen and oxygen atoms in total. The Morgan fingerprint density at radius 1 is 1.07 bits per heavy atom. The van der Waals surface area contributed by atoms with Crippen molar-refractivity contribution < 1.29 is 23.8 Å². The predicted molar refractivity (Wildman–Crippen MR) is 146 cm³/mol. The Kier molecular flexibility index (Phi) is 8.25. The molecule has 0 aliphatic carbocycles. The molecule has 0 spiro atoms. The van der Waals surface area contributed by atoms with Crippen LogP contribution in [0.15, 0.2) is 78.0 Å². The van der Waals surface area contributed by atoms with Gasteiger partial charge in [0, 0.05) is 38.8 Å². The average molecular weight is 558 g/mol. The maximum Gasteiger partial charge on any atom is 0.296 e. The molecule has 2 aromatic heterocycles. The van der Waals surface area contributed by atoms with Gasteiger partial charge in [0.25, 0.3) is 11.5 Å². The van der Waals surface area contributed by atoms with Gasteiger partial charge in [-0.3, -0.25) is 23.9 Å². The minimum atomic E-state index is -0.805. The third-order valence-electron chi connectivity index (χ3n) is 7.05. The van der Waals surface area contributed by atoms with Crippen molar-refractivity contribution in [3.05, 3.63) is 118 Å². The van der Waals surface area contributed by atoms with Gasteiger partial charge in [0.15, 0.2) is 11.5 Å². The number of halogens is 1. The predicted octanol–water partition coefficient (Wildman–Crippen LogP) is 3.40. The van der Waals surface area contributed by atoms with Crippen LogP contribution in [-0.4, -0.2) is 53.9 Å². The molecule has 0 saturated carbocycles. The van der Waals surface area contributed by atoms with Gasteiger partial charge in [-0.1, -0.05) is 42.5 Å². The van der Waals surface area contributed by atoms with Crippen LogP contribution in [0.4, 0.5) is 4.39 Å². The van der Waals surface area contributed by atoms with Crippen molar-refractivity contribution >= 4 is 11.7 Å². The van der Waals surface area contributed by atoms with E-state index < -0.39 is 41.0 Å². The van der Waals surface area contributed by atoms with Gasteiger partial charge in [0.1, 0.15) is 17.3 Å². The number of hydrogen-bond donors (Lipinski definition) is 1. The molecule has 1 aliphatic heterocycles. The summed E-state index contributed by atoms with van der Waals surface area (Å²) in [5.41, 5.74) is 0.622. The SMILES string of the molecule is Cn1c(C2CC(OCc3ccccc3)CN2C(=O)c2cnccn2)nc(C(=O)CCc2ccc(F)cc2)c(O)c1=O. The number of carbonyl (C=O) groups is 2. The number of aryl methyl sites for hydroxylation is 1.